The van der Waals surface area contributed by atoms with Gasteiger partial charge in [-0.05, 0) is 83.6 Å². The van der Waals surface area contributed by atoms with Gasteiger partial charge in [-0.15, -0.1) is 11.3 Å². The van der Waals surface area contributed by atoms with Crippen LogP contribution in [0.5, 0.6) is 11.5 Å². The number of thiophene rings is 1. The molecule has 0 radical (unpaired) electrons. The number of fused-ring (bicyclic) bond motifs is 5. The number of nitrogens with zero attached hydrogens (tertiary/aromatic N) is 1. The SMILES string of the molecule is Cc1c[n+](C)ccc1-c1cccc2c1sc1ccc(C3(C)c4cc(-c5ccccc5)ccc4Oc4ccc(-c5ccccc5)cc43)cc12. The maximum absolute atomic E-state index is 6.70. The second-order valence-electron chi connectivity index (χ2n) is 13.1. The first-order chi connectivity index (χ1) is 23.5. The molecule has 0 aliphatic carbocycles. The van der Waals surface area contributed by atoms with Crippen molar-refractivity contribution >= 4 is 31.5 Å². The number of pyridine rings is 1. The van der Waals surface area contributed by atoms with Crippen molar-refractivity contribution in [2.24, 2.45) is 7.05 Å². The minimum atomic E-state index is -0.469. The monoisotopic (exact) mass is 636 g/mol. The van der Waals surface area contributed by atoms with Crippen molar-refractivity contribution < 1.29 is 9.30 Å². The van der Waals surface area contributed by atoms with Gasteiger partial charge in [0.25, 0.3) is 0 Å². The first-order valence-electron chi connectivity index (χ1n) is 16.5. The lowest BCUT2D eigenvalue weighted by Crippen LogP contribution is -2.29. The molecule has 0 N–H and O–H groups in total. The Labute approximate surface area is 285 Å². The van der Waals surface area contributed by atoms with E-state index in [1.54, 1.807) is 0 Å². The Balaban J connectivity index is 1.29. The van der Waals surface area contributed by atoms with Crippen LogP contribution in [0, 0.1) is 6.92 Å². The van der Waals surface area contributed by atoms with Crippen LogP contribution in [0.3, 0.4) is 0 Å². The van der Waals surface area contributed by atoms with Gasteiger partial charge in [0.1, 0.15) is 18.5 Å². The van der Waals surface area contributed by atoms with Crippen LogP contribution in [0.25, 0.3) is 53.6 Å². The molecule has 2 nitrogen and oxygen atoms in total. The van der Waals surface area contributed by atoms with Gasteiger partial charge in [0, 0.05) is 53.9 Å². The number of aryl methyl sites for hydroxylation is 2. The normalized spacial score (nSPS) is 13.2. The lowest BCUT2D eigenvalue weighted by molar-refractivity contribution is -0.671. The standard InChI is InChI=1S/C45H34NOS/c1-29-28-46(3)24-23-35(29)36-15-10-16-37-38-27-34(19-22-43(38)48-44(36)37)45(2)39-25-32(30-11-6-4-7-12-30)17-20-41(39)47-42-21-18-33(26-40(42)45)31-13-8-5-9-14-31/h4-28H,1-3H3/q+1. The smallest absolute Gasteiger partial charge is 0.172 e. The zero-order chi connectivity index (χ0) is 32.4. The summed E-state index contributed by atoms with van der Waals surface area (Å²) in [5.74, 6) is 1.81. The van der Waals surface area contributed by atoms with Gasteiger partial charge in [0.05, 0.1) is 0 Å². The molecular weight excluding hydrogens is 603 g/mol. The predicted molar refractivity (Wildman–Crippen MR) is 200 cm³/mol. The van der Waals surface area contributed by atoms with E-state index in [0.29, 0.717) is 0 Å². The Morgan fingerprint density at radius 2 is 1.23 bits per heavy atom. The molecule has 9 rings (SSSR count). The number of ether oxygens (including phenoxy) is 1. The van der Waals surface area contributed by atoms with Crippen molar-refractivity contribution in [1.82, 2.24) is 0 Å². The zero-order valence-corrected chi connectivity index (χ0v) is 28.0. The van der Waals surface area contributed by atoms with Crippen molar-refractivity contribution in [3.05, 3.63) is 174 Å². The molecule has 0 unspecified atom stereocenters. The molecule has 8 aromatic rings. The first-order valence-corrected chi connectivity index (χ1v) is 17.3. The molecular formula is C45H34NOS+. The van der Waals surface area contributed by atoms with Crippen molar-refractivity contribution in [2.75, 3.05) is 0 Å². The van der Waals surface area contributed by atoms with E-state index in [0.717, 1.165) is 11.5 Å². The van der Waals surface area contributed by atoms with E-state index in [9.17, 15) is 0 Å². The highest BCUT2D eigenvalue weighted by Crippen LogP contribution is 2.54. The summed E-state index contributed by atoms with van der Waals surface area (Å²) < 4.78 is 11.5. The molecule has 0 bridgehead atoms. The van der Waals surface area contributed by atoms with Crippen molar-refractivity contribution in [2.45, 2.75) is 19.3 Å². The first kappa shape index (κ1) is 28.7. The highest BCUT2D eigenvalue weighted by molar-refractivity contribution is 7.26. The van der Waals surface area contributed by atoms with Gasteiger partial charge < -0.3 is 4.74 Å². The van der Waals surface area contributed by atoms with Crippen molar-refractivity contribution in [1.29, 1.82) is 0 Å². The van der Waals surface area contributed by atoms with E-state index in [4.69, 9.17) is 4.74 Å². The Hall–Kier alpha value is -5.51. The minimum Gasteiger partial charge on any atom is -0.457 e. The highest BCUT2D eigenvalue weighted by atomic mass is 32.1. The van der Waals surface area contributed by atoms with Crippen LogP contribution in [0.1, 0.15) is 29.2 Å². The Kier molecular flexibility index (Phi) is 6.60. The number of rotatable bonds is 4. The van der Waals surface area contributed by atoms with E-state index in [1.807, 2.05) is 11.3 Å². The summed E-state index contributed by atoms with van der Waals surface area (Å²) in [7, 11) is 2.08. The summed E-state index contributed by atoms with van der Waals surface area (Å²) in [5, 5.41) is 2.59. The Bertz CT molecular complexity index is 2420. The van der Waals surface area contributed by atoms with E-state index in [2.05, 4.69) is 177 Å². The third kappa shape index (κ3) is 4.50. The summed E-state index contributed by atoms with van der Waals surface area (Å²) in [6, 6.07) is 50.7. The molecule has 0 atom stereocenters. The quantitative estimate of drug-likeness (QED) is 0.175. The van der Waals surface area contributed by atoms with Crippen molar-refractivity contribution in [3.8, 4) is 44.9 Å². The number of hydrogen-bond donors (Lipinski definition) is 0. The van der Waals surface area contributed by atoms with Crippen LogP contribution in [-0.4, -0.2) is 0 Å². The summed E-state index contributed by atoms with van der Waals surface area (Å²) in [6.45, 7) is 4.58. The second kappa shape index (κ2) is 11.0. The average molecular weight is 637 g/mol. The van der Waals surface area contributed by atoms with Gasteiger partial charge >= 0.3 is 0 Å². The maximum atomic E-state index is 6.70. The number of aromatic nitrogens is 1. The zero-order valence-electron chi connectivity index (χ0n) is 27.2. The van der Waals surface area contributed by atoms with Crippen LogP contribution in [0.2, 0.25) is 0 Å². The molecule has 2 aromatic heterocycles. The molecule has 3 heteroatoms. The Morgan fingerprint density at radius 3 is 1.85 bits per heavy atom. The van der Waals surface area contributed by atoms with Crippen LogP contribution >= 0.6 is 11.3 Å². The van der Waals surface area contributed by atoms with Gasteiger partial charge in [-0.1, -0.05) is 97.1 Å². The minimum absolute atomic E-state index is 0.469. The fourth-order valence-corrected chi connectivity index (χ4v) is 8.79. The third-order valence-corrected chi connectivity index (χ3v) is 11.4. The van der Waals surface area contributed by atoms with Gasteiger partial charge in [-0.25, -0.2) is 4.57 Å². The third-order valence-electron chi connectivity index (χ3n) is 10.1. The largest absolute Gasteiger partial charge is 0.457 e. The lowest BCUT2D eigenvalue weighted by atomic mass is 9.68. The van der Waals surface area contributed by atoms with E-state index in [1.165, 1.54) is 75.8 Å². The van der Waals surface area contributed by atoms with Gasteiger partial charge in [-0.2, -0.15) is 0 Å². The molecule has 0 amide bonds. The summed E-state index contributed by atoms with van der Waals surface area (Å²) in [6.07, 6.45) is 4.34. The van der Waals surface area contributed by atoms with E-state index in [-0.39, 0.29) is 0 Å². The second-order valence-corrected chi connectivity index (χ2v) is 14.1. The molecule has 0 saturated carbocycles. The van der Waals surface area contributed by atoms with Crippen LogP contribution < -0.4 is 9.30 Å². The molecule has 1 aliphatic rings. The predicted octanol–water partition coefficient (Wildman–Crippen LogP) is 11.6. The molecule has 230 valence electrons. The maximum Gasteiger partial charge on any atom is 0.172 e. The number of benzene rings is 6. The van der Waals surface area contributed by atoms with E-state index >= 15 is 0 Å². The van der Waals surface area contributed by atoms with Crippen LogP contribution in [0.15, 0.2) is 152 Å². The molecule has 0 fully saturated rings. The summed E-state index contributed by atoms with van der Waals surface area (Å²) >= 11 is 1.89. The highest BCUT2D eigenvalue weighted by Gasteiger charge is 2.40. The van der Waals surface area contributed by atoms with Gasteiger partial charge in [-0.3, -0.25) is 0 Å². The van der Waals surface area contributed by atoms with Gasteiger partial charge in [0.15, 0.2) is 12.4 Å². The fraction of sp³-hybridized carbons (Fsp3) is 0.0889. The van der Waals surface area contributed by atoms with Crippen LogP contribution in [0.4, 0.5) is 0 Å². The van der Waals surface area contributed by atoms with Gasteiger partial charge in [0.2, 0.25) is 0 Å². The lowest BCUT2D eigenvalue weighted by Gasteiger charge is -2.39. The summed E-state index contributed by atoms with van der Waals surface area (Å²) in [5.41, 5.74) is 11.8. The van der Waals surface area contributed by atoms with Crippen LogP contribution in [-0.2, 0) is 12.5 Å². The Morgan fingerprint density at radius 1 is 0.583 bits per heavy atom. The molecule has 0 saturated heterocycles. The van der Waals surface area contributed by atoms with Crippen molar-refractivity contribution in [3.63, 3.8) is 0 Å². The molecule has 48 heavy (non-hydrogen) atoms. The summed E-state index contributed by atoms with van der Waals surface area (Å²) in [4.78, 5) is 0. The van der Waals surface area contributed by atoms with E-state index < -0.39 is 5.41 Å². The molecule has 3 heterocycles. The molecule has 0 spiro atoms. The molecule has 1 aliphatic heterocycles. The topological polar surface area (TPSA) is 13.1 Å². The fourth-order valence-electron chi connectivity index (χ4n) is 7.58. The number of hydrogen-bond acceptors (Lipinski definition) is 2. The molecule has 6 aromatic carbocycles. The average Bonchev–Trinajstić information content (AvgIpc) is 3.51.